The van der Waals surface area contributed by atoms with E-state index in [1.54, 1.807) is 0 Å². The molecule has 0 bridgehead atoms. The van der Waals surface area contributed by atoms with Crippen LogP contribution in [0.4, 0.5) is 5.69 Å². The third kappa shape index (κ3) is 4.15. The first-order valence-corrected chi connectivity index (χ1v) is 6.52. The molecule has 0 saturated carbocycles. The summed E-state index contributed by atoms with van der Waals surface area (Å²) in [6.45, 7) is 8.70. The number of nitrogens with two attached hydrogens (primary N) is 1. The predicted molar refractivity (Wildman–Crippen MR) is 76.5 cm³/mol. The average Bonchev–Trinajstić information content (AvgIpc) is 2.30. The van der Waals surface area contributed by atoms with Gasteiger partial charge < -0.3 is 11.1 Å². The Hall–Kier alpha value is -1.35. The molecule has 1 amide bonds. The lowest BCUT2D eigenvalue weighted by Gasteiger charge is -2.17. The van der Waals surface area contributed by atoms with E-state index in [9.17, 15) is 4.79 Å². The lowest BCUT2D eigenvalue weighted by molar-refractivity contribution is -0.120. The van der Waals surface area contributed by atoms with Crippen molar-refractivity contribution >= 4 is 11.6 Å². The summed E-state index contributed by atoms with van der Waals surface area (Å²) in [7, 11) is 0. The van der Waals surface area contributed by atoms with Crippen LogP contribution < -0.4 is 11.1 Å². The zero-order valence-electron chi connectivity index (χ0n) is 11.8. The summed E-state index contributed by atoms with van der Waals surface area (Å²) in [5, 5.41) is 2.95. The van der Waals surface area contributed by atoms with Gasteiger partial charge in [-0.1, -0.05) is 19.9 Å². The number of amides is 1. The number of nitrogens with one attached hydrogen (secondary N) is 1. The molecule has 3 N–H and O–H groups in total. The van der Waals surface area contributed by atoms with Gasteiger partial charge in [0.15, 0.2) is 0 Å². The van der Waals surface area contributed by atoms with Crippen LogP contribution in [-0.2, 0) is 4.79 Å². The normalized spacial score (nSPS) is 12.6. The van der Waals surface area contributed by atoms with Crippen molar-refractivity contribution in [1.29, 1.82) is 0 Å². The molecule has 100 valence electrons. The predicted octanol–water partition coefficient (Wildman–Crippen LogP) is 2.86. The molecule has 3 nitrogen and oxygen atoms in total. The fourth-order valence-corrected chi connectivity index (χ4v) is 1.94. The van der Waals surface area contributed by atoms with Gasteiger partial charge in [0.05, 0.1) is 5.92 Å². The molecule has 1 rings (SSSR count). The van der Waals surface area contributed by atoms with E-state index >= 15 is 0 Å². The molecule has 1 atom stereocenters. The van der Waals surface area contributed by atoms with Crippen molar-refractivity contribution in [2.45, 2.75) is 34.1 Å². The minimum absolute atomic E-state index is 0.0226. The molecule has 0 aromatic heterocycles. The highest BCUT2D eigenvalue weighted by Gasteiger charge is 2.18. The molecule has 0 fully saturated rings. The molecule has 0 spiro atoms. The van der Waals surface area contributed by atoms with E-state index in [0.29, 0.717) is 12.5 Å². The van der Waals surface area contributed by atoms with Gasteiger partial charge in [-0.25, -0.2) is 0 Å². The fourth-order valence-electron chi connectivity index (χ4n) is 1.94. The Morgan fingerprint density at radius 3 is 2.44 bits per heavy atom. The van der Waals surface area contributed by atoms with Gasteiger partial charge in [0, 0.05) is 12.2 Å². The maximum absolute atomic E-state index is 12.1. The standard InChI is InChI=1S/C15H24N2O/c1-10(2)7-13(9-16)15(18)17-14-6-5-11(3)12(4)8-14/h5-6,8,10,13H,7,9,16H2,1-4H3,(H,17,18). The van der Waals surface area contributed by atoms with Crippen LogP contribution >= 0.6 is 0 Å². The van der Waals surface area contributed by atoms with Crippen LogP contribution in [0.15, 0.2) is 18.2 Å². The van der Waals surface area contributed by atoms with Crippen LogP contribution in [0.25, 0.3) is 0 Å². The first-order chi connectivity index (χ1) is 8.43. The number of carbonyl (C=O) groups is 1. The van der Waals surface area contributed by atoms with Crippen LogP contribution in [0.2, 0.25) is 0 Å². The van der Waals surface area contributed by atoms with E-state index in [2.05, 4.69) is 26.1 Å². The van der Waals surface area contributed by atoms with E-state index in [1.807, 2.05) is 25.1 Å². The Balaban J connectivity index is 2.70. The molecular weight excluding hydrogens is 224 g/mol. The zero-order chi connectivity index (χ0) is 13.7. The van der Waals surface area contributed by atoms with Gasteiger partial charge in [-0.05, 0) is 49.4 Å². The first kappa shape index (κ1) is 14.7. The molecule has 0 aliphatic rings. The average molecular weight is 248 g/mol. The van der Waals surface area contributed by atoms with Gasteiger partial charge >= 0.3 is 0 Å². The quantitative estimate of drug-likeness (QED) is 0.842. The van der Waals surface area contributed by atoms with Gasteiger partial charge in [-0.2, -0.15) is 0 Å². The summed E-state index contributed by atoms with van der Waals surface area (Å²) in [4.78, 5) is 12.1. The number of benzene rings is 1. The first-order valence-electron chi connectivity index (χ1n) is 6.52. The lowest BCUT2D eigenvalue weighted by atomic mass is 9.96. The van der Waals surface area contributed by atoms with Crippen LogP contribution in [0.1, 0.15) is 31.4 Å². The van der Waals surface area contributed by atoms with Crippen molar-refractivity contribution in [2.75, 3.05) is 11.9 Å². The molecule has 0 saturated heterocycles. The zero-order valence-corrected chi connectivity index (χ0v) is 11.8. The van der Waals surface area contributed by atoms with Crippen molar-refractivity contribution in [3.05, 3.63) is 29.3 Å². The number of carbonyl (C=O) groups excluding carboxylic acids is 1. The van der Waals surface area contributed by atoms with Crippen LogP contribution in [0.5, 0.6) is 0 Å². The van der Waals surface area contributed by atoms with Crippen molar-refractivity contribution in [1.82, 2.24) is 0 Å². The second kappa shape index (κ2) is 6.55. The van der Waals surface area contributed by atoms with Gasteiger partial charge in [0.25, 0.3) is 0 Å². The van der Waals surface area contributed by atoms with E-state index in [4.69, 9.17) is 5.73 Å². The molecule has 0 radical (unpaired) electrons. The van der Waals surface area contributed by atoms with Crippen LogP contribution in [0, 0.1) is 25.7 Å². The molecule has 1 aromatic carbocycles. The number of rotatable bonds is 5. The third-order valence-corrected chi connectivity index (χ3v) is 3.19. The van der Waals surface area contributed by atoms with Gasteiger partial charge in [0.2, 0.25) is 5.91 Å². The van der Waals surface area contributed by atoms with Crippen molar-refractivity contribution in [3.63, 3.8) is 0 Å². The maximum atomic E-state index is 12.1. The van der Waals surface area contributed by atoms with Crippen molar-refractivity contribution in [3.8, 4) is 0 Å². The van der Waals surface area contributed by atoms with E-state index < -0.39 is 0 Å². The summed E-state index contributed by atoms with van der Waals surface area (Å²) >= 11 is 0. The van der Waals surface area contributed by atoms with E-state index in [0.717, 1.165) is 12.1 Å². The Labute approximate surface area is 110 Å². The summed E-state index contributed by atoms with van der Waals surface area (Å²) in [6, 6.07) is 5.95. The topological polar surface area (TPSA) is 55.1 Å². The molecule has 1 aromatic rings. The Kier molecular flexibility index (Phi) is 5.35. The van der Waals surface area contributed by atoms with Gasteiger partial charge in [-0.15, -0.1) is 0 Å². The van der Waals surface area contributed by atoms with Crippen LogP contribution in [0.3, 0.4) is 0 Å². The van der Waals surface area contributed by atoms with Crippen molar-refractivity contribution in [2.24, 2.45) is 17.6 Å². The Morgan fingerprint density at radius 2 is 1.94 bits per heavy atom. The molecule has 0 aliphatic heterocycles. The van der Waals surface area contributed by atoms with Gasteiger partial charge in [-0.3, -0.25) is 4.79 Å². The Morgan fingerprint density at radius 1 is 1.28 bits per heavy atom. The van der Waals surface area contributed by atoms with E-state index in [-0.39, 0.29) is 11.8 Å². The van der Waals surface area contributed by atoms with Gasteiger partial charge in [0.1, 0.15) is 0 Å². The highest BCUT2D eigenvalue weighted by molar-refractivity contribution is 5.92. The number of hydrogen-bond donors (Lipinski definition) is 2. The molecule has 0 aliphatic carbocycles. The fraction of sp³-hybridized carbons (Fsp3) is 0.533. The smallest absolute Gasteiger partial charge is 0.228 e. The molecule has 3 heteroatoms. The molecule has 0 heterocycles. The number of anilines is 1. The summed E-state index contributed by atoms with van der Waals surface area (Å²) in [5.74, 6) is 0.394. The molecule has 1 unspecified atom stereocenters. The minimum atomic E-state index is -0.105. The second-order valence-corrected chi connectivity index (χ2v) is 5.35. The highest BCUT2D eigenvalue weighted by atomic mass is 16.1. The number of hydrogen-bond acceptors (Lipinski definition) is 2. The molecule has 18 heavy (non-hydrogen) atoms. The summed E-state index contributed by atoms with van der Waals surface area (Å²) in [5.41, 5.74) is 8.93. The highest BCUT2D eigenvalue weighted by Crippen LogP contribution is 2.17. The Bertz CT molecular complexity index is 413. The largest absolute Gasteiger partial charge is 0.330 e. The van der Waals surface area contributed by atoms with Crippen molar-refractivity contribution < 1.29 is 4.79 Å². The van der Waals surface area contributed by atoms with E-state index in [1.165, 1.54) is 11.1 Å². The lowest BCUT2D eigenvalue weighted by Crippen LogP contribution is -2.30. The summed E-state index contributed by atoms with van der Waals surface area (Å²) in [6.07, 6.45) is 0.827. The second-order valence-electron chi connectivity index (χ2n) is 5.35. The summed E-state index contributed by atoms with van der Waals surface area (Å²) < 4.78 is 0. The maximum Gasteiger partial charge on any atom is 0.228 e. The minimum Gasteiger partial charge on any atom is -0.330 e. The SMILES string of the molecule is Cc1ccc(NC(=O)C(CN)CC(C)C)cc1C. The third-order valence-electron chi connectivity index (χ3n) is 3.19. The monoisotopic (exact) mass is 248 g/mol. The number of aryl methyl sites for hydroxylation is 2. The van der Waals surface area contributed by atoms with Crippen LogP contribution in [-0.4, -0.2) is 12.5 Å². The molecular formula is C15H24N2O.